The summed E-state index contributed by atoms with van der Waals surface area (Å²) in [6.07, 6.45) is 7.61. The van der Waals surface area contributed by atoms with Crippen LogP contribution in [0.1, 0.15) is 55.3 Å². The fraction of sp³-hybridized carbons (Fsp3) is 0.500. The molecule has 3 N–H and O–H groups in total. The first-order valence-corrected chi connectivity index (χ1v) is 12.5. The minimum atomic E-state index is -0.460. The second kappa shape index (κ2) is 9.19. The first-order chi connectivity index (χ1) is 16.4. The molecule has 7 nitrogen and oxygen atoms in total. The summed E-state index contributed by atoms with van der Waals surface area (Å²) in [5.74, 6) is 0.518. The molecule has 1 aliphatic carbocycles. The summed E-state index contributed by atoms with van der Waals surface area (Å²) < 4.78 is 0. The third-order valence-electron chi connectivity index (χ3n) is 7.85. The molecule has 1 saturated carbocycles. The lowest BCUT2D eigenvalue weighted by atomic mass is 9.78. The molecule has 3 heterocycles. The van der Waals surface area contributed by atoms with Gasteiger partial charge in [-0.3, -0.25) is 9.59 Å². The van der Waals surface area contributed by atoms with E-state index in [-0.39, 0.29) is 23.5 Å². The average Bonchev–Trinajstić information content (AvgIpc) is 3.14. The number of nitrogens with zero attached hydrogens (tertiary/aromatic N) is 3. The monoisotopic (exact) mass is 482 g/mol. The van der Waals surface area contributed by atoms with Crippen molar-refractivity contribution in [1.82, 2.24) is 9.88 Å². The molecule has 2 aromatic rings. The number of amides is 2. The van der Waals surface area contributed by atoms with Gasteiger partial charge in [-0.25, -0.2) is 4.98 Å². The van der Waals surface area contributed by atoms with Crippen molar-refractivity contribution >= 4 is 29.2 Å². The molecule has 180 valence electrons. The van der Waals surface area contributed by atoms with Crippen LogP contribution in [0.15, 0.2) is 36.5 Å². The van der Waals surface area contributed by atoms with Gasteiger partial charge in [-0.1, -0.05) is 23.7 Å². The predicted octanol–water partition coefficient (Wildman–Crippen LogP) is 3.62. The summed E-state index contributed by atoms with van der Waals surface area (Å²) in [5.41, 5.74) is 7.18. The van der Waals surface area contributed by atoms with E-state index in [2.05, 4.69) is 14.8 Å². The van der Waals surface area contributed by atoms with Crippen molar-refractivity contribution in [1.29, 1.82) is 0 Å². The van der Waals surface area contributed by atoms with Gasteiger partial charge in [0.25, 0.3) is 0 Å². The molecular formula is C26H31ClN4O3. The molecule has 2 aliphatic heterocycles. The van der Waals surface area contributed by atoms with E-state index in [1.807, 2.05) is 18.2 Å². The van der Waals surface area contributed by atoms with Crippen LogP contribution in [0, 0.1) is 5.41 Å². The Labute approximate surface area is 204 Å². The van der Waals surface area contributed by atoms with Gasteiger partial charge in [-0.05, 0) is 68.7 Å². The minimum Gasteiger partial charge on any atom is -0.393 e. The number of carbonyl (C=O) groups is 2. The van der Waals surface area contributed by atoms with E-state index in [1.165, 1.54) is 0 Å². The molecule has 5 rings (SSSR count). The standard InChI is InChI=1S/C26H31ClN4O3/c27-22-14-19(17-2-4-18(5-3-17)23(28)33)15-29-24(22)30-12-1-10-26(16-30)11-13-31(25(26)34)20-6-8-21(32)9-7-20/h2-5,14-15,20-21,32H,1,6-13,16H2,(H2,28,33)/t20?,21?,26-/m1/s1. The Morgan fingerprint density at radius 1 is 1.09 bits per heavy atom. The highest BCUT2D eigenvalue weighted by Crippen LogP contribution is 2.44. The number of pyridine rings is 1. The molecule has 2 saturated heterocycles. The highest BCUT2D eigenvalue weighted by atomic mass is 35.5. The first-order valence-electron chi connectivity index (χ1n) is 12.2. The third-order valence-corrected chi connectivity index (χ3v) is 8.13. The van der Waals surface area contributed by atoms with Gasteiger partial charge in [-0.2, -0.15) is 0 Å². The predicted molar refractivity (Wildman–Crippen MR) is 132 cm³/mol. The Balaban J connectivity index is 1.32. The molecule has 3 aliphatic rings. The summed E-state index contributed by atoms with van der Waals surface area (Å²) in [4.78, 5) is 33.8. The summed E-state index contributed by atoms with van der Waals surface area (Å²) in [6, 6.07) is 9.20. The zero-order valence-corrected chi connectivity index (χ0v) is 20.0. The van der Waals surface area contributed by atoms with E-state index in [9.17, 15) is 14.7 Å². The van der Waals surface area contributed by atoms with Crippen molar-refractivity contribution in [2.45, 2.75) is 57.1 Å². The van der Waals surface area contributed by atoms with Crippen molar-refractivity contribution in [3.05, 3.63) is 47.1 Å². The summed E-state index contributed by atoms with van der Waals surface area (Å²) >= 11 is 6.69. The van der Waals surface area contributed by atoms with E-state index < -0.39 is 5.91 Å². The van der Waals surface area contributed by atoms with Gasteiger partial charge in [-0.15, -0.1) is 0 Å². The second-order valence-corrected chi connectivity index (χ2v) is 10.4. The number of rotatable bonds is 4. The summed E-state index contributed by atoms with van der Waals surface area (Å²) in [7, 11) is 0. The average molecular weight is 483 g/mol. The molecule has 0 bridgehead atoms. The lowest BCUT2D eigenvalue weighted by Crippen LogP contribution is -2.50. The van der Waals surface area contributed by atoms with Gasteiger partial charge in [0.1, 0.15) is 5.82 Å². The van der Waals surface area contributed by atoms with E-state index in [0.29, 0.717) is 22.9 Å². The number of aromatic nitrogens is 1. The highest BCUT2D eigenvalue weighted by molar-refractivity contribution is 6.33. The maximum atomic E-state index is 13.6. The molecule has 2 amide bonds. The van der Waals surface area contributed by atoms with Crippen molar-refractivity contribution in [2.24, 2.45) is 11.1 Å². The van der Waals surface area contributed by atoms with Crippen LogP contribution in [0.5, 0.6) is 0 Å². The van der Waals surface area contributed by atoms with Gasteiger partial charge in [0.2, 0.25) is 11.8 Å². The normalized spacial score (nSPS) is 27.4. The zero-order valence-electron chi connectivity index (χ0n) is 19.3. The van der Waals surface area contributed by atoms with Crippen LogP contribution in [0.3, 0.4) is 0 Å². The molecule has 1 aromatic heterocycles. The Morgan fingerprint density at radius 3 is 2.50 bits per heavy atom. The molecule has 1 spiro atoms. The van der Waals surface area contributed by atoms with Crippen LogP contribution in [0.2, 0.25) is 5.02 Å². The van der Waals surface area contributed by atoms with Crippen molar-refractivity contribution in [2.75, 3.05) is 24.5 Å². The fourth-order valence-corrected chi connectivity index (χ4v) is 6.19. The van der Waals surface area contributed by atoms with Gasteiger partial charge >= 0.3 is 0 Å². The molecule has 34 heavy (non-hydrogen) atoms. The SMILES string of the molecule is NC(=O)c1ccc(-c2cnc(N3CCC[C@@]4(CCN(C5CCC(O)CC5)C4=O)C3)c(Cl)c2)cc1. The van der Waals surface area contributed by atoms with E-state index in [4.69, 9.17) is 17.3 Å². The molecular weight excluding hydrogens is 452 g/mol. The van der Waals surface area contributed by atoms with Gasteiger partial charge in [0.15, 0.2) is 0 Å². The van der Waals surface area contributed by atoms with Crippen molar-refractivity contribution < 1.29 is 14.7 Å². The highest BCUT2D eigenvalue weighted by Gasteiger charge is 2.51. The molecule has 1 aromatic carbocycles. The quantitative estimate of drug-likeness (QED) is 0.693. The van der Waals surface area contributed by atoms with E-state index in [0.717, 1.165) is 69.2 Å². The van der Waals surface area contributed by atoms with Crippen LogP contribution in [0.25, 0.3) is 11.1 Å². The van der Waals surface area contributed by atoms with Crippen LogP contribution in [0.4, 0.5) is 5.82 Å². The Hall–Kier alpha value is -2.64. The number of halogens is 1. The molecule has 8 heteroatoms. The van der Waals surface area contributed by atoms with Gasteiger partial charge < -0.3 is 20.6 Å². The largest absolute Gasteiger partial charge is 0.393 e. The number of aliphatic hydroxyl groups excluding tert-OH is 1. The Bertz CT molecular complexity index is 1080. The fourth-order valence-electron chi connectivity index (χ4n) is 5.91. The van der Waals surface area contributed by atoms with Crippen molar-refractivity contribution in [3.8, 4) is 11.1 Å². The topological polar surface area (TPSA) is 99.8 Å². The number of hydrogen-bond donors (Lipinski definition) is 2. The van der Waals surface area contributed by atoms with Crippen LogP contribution < -0.4 is 10.6 Å². The maximum absolute atomic E-state index is 13.6. The van der Waals surface area contributed by atoms with Gasteiger partial charge in [0, 0.05) is 43.0 Å². The maximum Gasteiger partial charge on any atom is 0.248 e. The second-order valence-electron chi connectivity index (χ2n) is 9.99. The van der Waals surface area contributed by atoms with Gasteiger partial charge in [0.05, 0.1) is 16.5 Å². The summed E-state index contributed by atoms with van der Waals surface area (Å²) in [6.45, 7) is 2.26. The molecule has 1 atom stereocenters. The summed E-state index contributed by atoms with van der Waals surface area (Å²) in [5, 5.41) is 10.4. The minimum absolute atomic E-state index is 0.217. The number of hydrogen-bond acceptors (Lipinski definition) is 5. The molecule has 0 unspecified atom stereocenters. The van der Waals surface area contributed by atoms with E-state index in [1.54, 1.807) is 18.3 Å². The van der Waals surface area contributed by atoms with E-state index >= 15 is 0 Å². The number of piperidine rings is 1. The number of carbonyl (C=O) groups excluding carboxylic acids is 2. The number of likely N-dealkylation sites (tertiary alicyclic amines) is 1. The number of benzene rings is 1. The van der Waals surface area contributed by atoms with Crippen LogP contribution >= 0.6 is 11.6 Å². The number of aliphatic hydroxyl groups is 1. The first kappa shape index (κ1) is 23.1. The lowest BCUT2D eigenvalue weighted by molar-refractivity contribution is -0.139. The smallest absolute Gasteiger partial charge is 0.248 e. The number of anilines is 1. The van der Waals surface area contributed by atoms with Crippen LogP contribution in [-0.4, -0.2) is 58.6 Å². The zero-order chi connectivity index (χ0) is 23.9. The van der Waals surface area contributed by atoms with Crippen LogP contribution in [-0.2, 0) is 4.79 Å². The van der Waals surface area contributed by atoms with Crippen molar-refractivity contribution in [3.63, 3.8) is 0 Å². The molecule has 0 radical (unpaired) electrons. The number of nitrogens with two attached hydrogens (primary N) is 1. The lowest BCUT2D eigenvalue weighted by Gasteiger charge is -2.41. The molecule has 3 fully saturated rings. The Morgan fingerprint density at radius 2 is 1.82 bits per heavy atom. The third kappa shape index (κ3) is 4.27. The number of primary amides is 1. The Kier molecular flexibility index (Phi) is 6.25.